The Balaban J connectivity index is 3.05. The van der Waals surface area contributed by atoms with Crippen molar-refractivity contribution in [3.63, 3.8) is 0 Å². The van der Waals surface area contributed by atoms with Crippen molar-refractivity contribution in [2.45, 2.75) is 0 Å². The summed E-state index contributed by atoms with van der Waals surface area (Å²) >= 11 is 0. The first-order valence-electron chi connectivity index (χ1n) is 4.36. The van der Waals surface area contributed by atoms with Crippen molar-refractivity contribution in [1.29, 1.82) is 0 Å². The molecule has 18 heavy (non-hydrogen) atoms. The van der Waals surface area contributed by atoms with Gasteiger partial charge in [0.05, 0.1) is 11.1 Å². The van der Waals surface area contributed by atoms with Gasteiger partial charge in [-0.2, -0.15) is 0 Å². The van der Waals surface area contributed by atoms with Gasteiger partial charge in [-0.25, -0.2) is 19.2 Å². The topological polar surface area (TPSA) is 111 Å². The second-order valence-electron chi connectivity index (χ2n) is 2.67. The lowest BCUT2D eigenvalue weighted by atomic mass is 10.1. The van der Waals surface area contributed by atoms with Crippen LogP contribution in [0.15, 0.2) is 34.6 Å². The van der Waals surface area contributed by atoms with Gasteiger partial charge in [0.15, 0.2) is 0 Å². The number of isocyanates is 2. The molecule has 0 radical (unpaired) electrons. The maximum atomic E-state index is 11.4. The predicted molar refractivity (Wildman–Crippen MR) is 53.5 cm³/mol. The molecule has 1 aromatic rings. The first kappa shape index (κ1) is 13.0. The van der Waals surface area contributed by atoms with Gasteiger partial charge in [-0.1, -0.05) is 12.1 Å². The average Bonchev–Trinajstić information content (AvgIpc) is 2.42. The van der Waals surface area contributed by atoms with Gasteiger partial charge in [-0.3, -0.25) is 0 Å². The molecule has 0 unspecified atom stereocenters. The Morgan fingerprint density at radius 2 is 1.28 bits per heavy atom. The molecule has 0 fully saturated rings. The number of benzene rings is 1. The number of rotatable bonds is 4. The van der Waals surface area contributed by atoms with E-state index < -0.39 is 11.9 Å². The summed E-state index contributed by atoms with van der Waals surface area (Å²) in [5.74, 6) is -2.11. The second-order valence-corrected chi connectivity index (χ2v) is 2.67. The standard InChI is InChI=1S/C10H4N2O6/c13-5-11-17-9(15)7-3-1-2-4-8(7)10(16)18-12-6-14/h1-4H. The smallest absolute Gasteiger partial charge is 0.301 e. The van der Waals surface area contributed by atoms with Gasteiger partial charge in [0.2, 0.25) is 0 Å². The highest BCUT2D eigenvalue weighted by Gasteiger charge is 2.19. The highest BCUT2D eigenvalue weighted by atomic mass is 16.7. The average molecular weight is 248 g/mol. The van der Waals surface area contributed by atoms with Crippen LogP contribution in [0.25, 0.3) is 0 Å². The Kier molecular flexibility index (Phi) is 4.68. The molecule has 0 atom stereocenters. The quantitative estimate of drug-likeness (QED) is 0.332. The fourth-order valence-corrected chi connectivity index (χ4v) is 1.06. The van der Waals surface area contributed by atoms with Gasteiger partial charge in [-0.05, 0) is 12.1 Å². The van der Waals surface area contributed by atoms with Crippen LogP contribution in [0.5, 0.6) is 0 Å². The summed E-state index contributed by atoms with van der Waals surface area (Å²) < 4.78 is 0. The van der Waals surface area contributed by atoms with Crippen molar-refractivity contribution < 1.29 is 28.9 Å². The number of carbonyl (C=O) groups is 2. The number of hydrogen-bond acceptors (Lipinski definition) is 8. The molecule has 0 amide bonds. The van der Waals surface area contributed by atoms with Crippen LogP contribution in [-0.2, 0) is 19.3 Å². The van der Waals surface area contributed by atoms with Crippen LogP contribution in [0.1, 0.15) is 20.7 Å². The lowest BCUT2D eigenvalue weighted by Crippen LogP contribution is -2.10. The largest absolute Gasteiger partial charge is 0.367 e. The molecule has 0 aliphatic rings. The molecule has 1 aromatic carbocycles. The molecule has 1 rings (SSSR count). The second kappa shape index (κ2) is 6.49. The third kappa shape index (κ3) is 3.21. The van der Waals surface area contributed by atoms with Crippen molar-refractivity contribution in [3.05, 3.63) is 35.4 Å². The number of carbonyl (C=O) groups excluding carboxylic acids is 4. The first-order chi connectivity index (χ1) is 8.70. The van der Waals surface area contributed by atoms with E-state index in [2.05, 4.69) is 20.0 Å². The molecule has 0 aliphatic carbocycles. The Labute approximate surface area is 99.5 Å². The van der Waals surface area contributed by atoms with Gasteiger partial charge >= 0.3 is 11.9 Å². The van der Waals surface area contributed by atoms with Crippen molar-refractivity contribution in [1.82, 2.24) is 0 Å². The van der Waals surface area contributed by atoms with E-state index >= 15 is 0 Å². The van der Waals surface area contributed by atoms with E-state index in [1.54, 1.807) is 0 Å². The molecule has 90 valence electrons. The summed E-state index contributed by atoms with van der Waals surface area (Å²) in [6, 6.07) is 5.37. The highest BCUT2D eigenvalue weighted by molar-refractivity contribution is 6.03. The lowest BCUT2D eigenvalue weighted by Gasteiger charge is -2.02. The summed E-state index contributed by atoms with van der Waals surface area (Å²) in [5.41, 5.74) is -0.412. The Morgan fingerprint density at radius 3 is 1.61 bits per heavy atom. The van der Waals surface area contributed by atoms with Crippen molar-refractivity contribution in [2.24, 2.45) is 10.3 Å². The third-order valence-electron chi connectivity index (χ3n) is 1.70. The predicted octanol–water partition coefficient (Wildman–Crippen LogP) is 0.502. The maximum Gasteiger partial charge on any atom is 0.367 e. The molecule has 8 heteroatoms. The fourth-order valence-electron chi connectivity index (χ4n) is 1.06. The maximum absolute atomic E-state index is 11.4. The van der Waals surface area contributed by atoms with Gasteiger partial charge < -0.3 is 9.68 Å². The van der Waals surface area contributed by atoms with Crippen LogP contribution < -0.4 is 0 Å². The van der Waals surface area contributed by atoms with E-state index in [0.717, 1.165) is 12.2 Å². The summed E-state index contributed by atoms with van der Waals surface area (Å²) in [6.07, 6.45) is 1.99. The minimum absolute atomic E-state index is 0.206. The normalized spacial score (nSPS) is 8.44. The van der Waals surface area contributed by atoms with Crippen molar-refractivity contribution in [3.8, 4) is 0 Å². The van der Waals surface area contributed by atoms with E-state index in [1.165, 1.54) is 24.3 Å². The van der Waals surface area contributed by atoms with Crippen LogP contribution >= 0.6 is 0 Å². The summed E-state index contributed by atoms with van der Waals surface area (Å²) in [7, 11) is 0. The van der Waals surface area contributed by atoms with Gasteiger partial charge in [-0.15, -0.1) is 0 Å². The molecule has 0 bridgehead atoms. The monoisotopic (exact) mass is 248 g/mol. The lowest BCUT2D eigenvalue weighted by molar-refractivity contribution is 0.0469. The zero-order valence-corrected chi connectivity index (χ0v) is 8.65. The molecule has 0 N–H and O–H groups in total. The minimum Gasteiger partial charge on any atom is -0.301 e. The molecular formula is C10H4N2O6. The molecular weight excluding hydrogens is 244 g/mol. The molecule has 0 heterocycles. The zero-order chi connectivity index (χ0) is 13.4. The van der Waals surface area contributed by atoms with E-state index in [0.29, 0.717) is 0 Å². The van der Waals surface area contributed by atoms with E-state index in [4.69, 9.17) is 0 Å². The zero-order valence-electron chi connectivity index (χ0n) is 8.65. The van der Waals surface area contributed by atoms with Crippen LogP contribution in [0.2, 0.25) is 0 Å². The van der Waals surface area contributed by atoms with Crippen LogP contribution in [-0.4, -0.2) is 24.1 Å². The molecule has 0 aromatic heterocycles. The highest BCUT2D eigenvalue weighted by Crippen LogP contribution is 2.12. The van der Waals surface area contributed by atoms with Crippen molar-refractivity contribution in [2.75, 3.05) is 0 Å². The number of hydrogen-bond donors (Lipinski definition) is 0. The third-order valence-corrected chi connectivity index (χ3v) is 1.70. The Morgan fingerprint density at radius 1 is 0.889 bits per heavy atom. The SMILES string of the molecule is O=C=NOC(=O)c1ccccc1C(=O)ON=C=O. The van der Waals surface area contributed by atoms with Gasteiger partial charge in [0, 0.05) is 10.3 Å². The van der Waals surface area contributed by atoms with Gasteiger partial charge in [0.1, 0.15) is 0 Å². The van der Waals surface area contributed by atoms with E-state index in [-0.39, 0.29) is 11.1 Å². The van der Waals surface area contributed by atoms with Crippen molar-refractivity contribution >= 4 is 24.1 Å². The van der Waals surface area contributed by atoms with E-state index in [9.17, 15) is 19.2 Å². The molecule has 0 saturated carbocycles. The summed E-state index contributed by atoms with van der Waals surface area (Å²) in [4.78, 5) is 50.6. The van der Waals surface area contributed by atoms with Gasteiger partial charge in [0.25, 0.3) is 12.2 Å². The first-order valence-corrected chi connectivity index (χ1v) is 4.36. The molecule has 8 nitrogen and oxygen atoms in total. The molecule has 0 spiro atoms. The molecule has 0 aliphatic heterocycles. The Hall–Kier alpha value is -3.08. The van der Waals surface area contributed by atoms with Crippen LogP contribution in [0, 0.1) is 0 Å². The fraction of sp³-hybridized carbons (Fsp3) is 0. The number of nitrogens with zero attached hydrogens (tertiary/aromatic N) is 2. The minimum atomic E-state index is -1.05. The van der Waals surface area contributed by atoms with Crippen LogP contribution in [0.4, 0.5) is 0 Å². The van der Waals surface area contributed by atoms with E-state index in [1.807, 2.05) is 0 Å². The summed E-state index contributed by atoms with van der Waals surface area (Å²) in [6.45, 7) is 0. The van der Waals surface area contributed by atoms with Crippen LogP contribution in [0.3, 0.4) is 0 Å². The Bertz CT molecular complexity index is 518. The summed E-state index contributed by atoms with van der Waals surface area (Å²) in [5, 5.41) is 5.24. The molecule has 0 saturated heterocycles.